The van der Waals surface area contributed by atoms with E-state index in [9.17, 15) is 13.2 Å². The SMILES string of the molecule is COC(=O)C1(Nc2cccc(Br)c2)CCS(=O)(=O)C1. The van der Waals surface area contributed by atoms with Gasteiger partial charge in [-0.15, -0.1) is 0 Å². The van der Waals surface area contributed by atoms with Crippen LogP contribution in [0, 0.1) is 0 Å². The zero-order valence-corrected chi connectivity index (χ0v) is 12.8. The molecule has 0 radical (unpaired) electrons. The van der Waals surface area contributed by atoms with Gasteiger partial charge in [-0.25, -0.2) is 13.2 Å². The Kier molecular flexibility index (Phi) is 3.87. The van der Waals surface area contributed by atoms with Crippen molar-refractivity contribution in [2.75, 3.05) is 23.9 Å². The molecule has 1 N–H and O–H groups in total. The largest absolute Gasteiger partial charge is 0.467 e. The summed E-state index contributed by atoms with van der Waals surface area (Å²) in [5.41, 5.74) is -0.508. The second-order valence-electron chi connectivity index (χ2n) is 4.55. The molecule has 1 aliphatic rings. The molecule has 1 heterocycles. The molecule has 1 atom stereocenters. The highest BCUT2D eigenvalue weighted by molar-refractivity contribution is 9.10. The molecule has 104 valence electrons. The molecule has 1 unspecified atom stereocenters. The highest BCUT2D eigenvalue weighted by Gasteiger charge is 2.49. The Morgan fingerprint density at radius 3 is 2.74 bits per heavy atom. The molecule has 19 heavy (non-hydrogen) atoms. The molecule has 0 saturated carbocycles. The van der Waals surface area contributed by atoms with E-state index in [1.165, 1.54) is 7.11 Å². The number of esters is 1. The van der Waals surface area contributed by atoms with Crippen molar-refractivity contribution in [1.82, 2.24) is 0 Å². The van der Waals surface area contributed by atoms with Gasteiger partial charge in [0.1, 0.15) is 0 Å². The predicted octanol–water partition coefficient (Wildman–Crippen LogP) is 1.59. The summed E-state index contributed by atoms with van der Waals surface area (Å²) in [5.74, 6) is -0.795. The summed E-state index contributed by atoms with van der Waals surface area (Å²) in [6, 6.07) is 7.22. The Balaban J connectivity index is 2.33. The number of hydrogen-bond acceptors (Lipinski definition) is 5. The van der Waals surface area contributed by atoms with Crippen LogP contribution in [0.25, 0.3) is 0 Å². The molecule has 0 bridgehead atoms. The number of rotatable bonds is 3. The van der Waals surface area contributed by atoms with E-state index in [1.54, 1.807) is 18.2 Å². The van der Waals surface area contributed by atoms with E-state index in [1.807, 2.05) is 6.07 Å². The molecule has 0 aliphatic carbocycles. The van der Waals surface area contributed by atoms with Gasteiger partial charge in [-0.2, -0.15) is 0 Å². The van der Waals surface area contributed by atoms with Gasteiger partial charge in [0.15, 0.2) is 15.4 Å². The van der Waals surface area contributed by atoms with Crippen molar-refractivity contribution < 1.29 is 17.9 Å². The molecule has 7 heteroatoms. The smallest absolute Gasteiger partial charge is 0.332 e. The van der Waals surface area contributed by atoms with Gasteiger partial charge in [0.2, 0.25) is 0 Å². The predicted molar refractivity (Wildman–Crippen MR) is 75.8 cm³/mol. The molecular formula is C12H14BrNO4S. The van der Waals surface area contributed by atoms with Gasteiger partial charge in [-0.05, 0) is 24.6 Å². The van der Waals surface area contributed by atoms with Gasteiger partial charge in [0.05, 0.1) is 18.6 Å². The second kappa shape index (κ2) is 5.13. The number of sulfone groups is 1. The highest BCUT2D eigenvalue weighted by atomic mass is 79.9. The molecule has 0 amide bonds. The van der Waals surface area contributed by atoms with Gasteiger partial charge < -0.3 is 10.1 Å². The number of methoxy groups -OCH3 is 1. The first-order valence-electron chi connectivity index (χ1n) is 5.69. The van der Waals surface area contributed by atoms with E-state index >= 15 is 0 Å². The number of benzene rings is 1. The fourth-order valence-corrected chi connectivity index (χ4v) is 4.49. The lowest BCUT2D eigenvalue weighted by Crippen LogP contribution is -2.48. The van der Waals surface area contributed by atoms with E-state index in [4.69, 9.17) is 4.74 Å². The molecule has 0 aromatic heterocycles. The van der Waals surface area contributed by atoms with Crippen molar-refractivity contribution >= 4 is 37.4 Å². The van der Waals surface area contributed by atoms with Crippen LogP contribution < -0.4 is 5.32 Å². The molecule has 0 spiro atoms. The molecule has 1 aliphatic heterocycles. The van der Waals surface area contributed by atoms with Crippen LogP contribution >= 0.6 is 15.9 Å². The Morgan fingerprint density at radius 1 is 1.47 bits per heavy atom. The molecule has 2 rings (SSSR count). The van der Waals surface area contributed by atoms with Gasteiger partial charge in [0, 0.05) is 10.2 Å². The minimum atomic E-state index is -3.21. The maximum absolute atomic E-state index is 12.0. The van der Waals surface area contributed by atoms with Crippen LogP contribution in [0.1, 0.15) is 6.42 Å². The molecule has 5 nitrogen and oxygen atoms in total. The standard InChI is InChI=1S/C12H14BrNO4S/c1-18-11(15)12(5-6-19(16,17)8-12)14-10-4-2-3-9(13)7-10/h2-4,7,14H,5-6,8H2,1H3. The average Bonchev–Trinajstić information content (AvgIpc) is 2.65. The van der Waals surface area contributed by atoms with Crippen molar-refractivity contribution in [2.45, 2.75) is 12.0 Å². The Morgan fingerprint density at radius 2 is 2.21 bits per heavy atom. The second-order valence-corrected chi connectivity index (χ2v) is 7.65. The van der Waals surface area contributed by atoms with Gasteiger partial charge in [-0.1, -0.05) is 22.0 Å². The zero-order chi connectivity index (χ0) is 14.1. The number of anilines is 1. The summed E-state index contributed by atoms with van der Waals surface area (Å²) < 4.78 is 28.9. The Hall–Kier alpha value is -1.08. The van der Waals surface area contributed by atoms with E-state index in [0.29, 0.717) is 5.69 Å². The summed E-state index contributed by atoms with van der Waals surface area (Å²) in [6.07, 6.45) is 0.217. The summed E-state index contributed by atoms with van der Waals surface area (Å²) in [4.78, 5) is 12.0. The third-order valence-corrected chi connectivity index (χ3v) is 5.34. The van der Waals surface area contributed by atoms with Crippen molar-refractivity contribution in [3.63, 3.8) is 0 Å². The fraction of sp³-hybridized carbons (Fsp3) is 0.417. The Bertz CT molecular complexity index is 602. The number of halogens is 1. The third kappa shape index (κ3) is 3.09. The van der Waals surface area contributed by atoms with Crippen LogP contribution in [0.3, 0.4) is 0 Å². The first kappa shape index (κ1) is 14.3. The van der Waals surface area contributed by atoms with Crippen LogP contribution in [0.15, 0.2) is 28.7 Å². The average molecular weight is 348 g/mol. The monoisotopic (exact) mass is 347 g/mol. The van der Waals surface area contributed by atoms with Crippen LogP contribution in [0.4, 0.5) is 5.69 Å². The van der Waals surface area contributed by atoms with Gasteiger partial charge in [0.25, 0.3) is 0 Å². The minimum absolute atomic E-state index is 0.0108. The Labute approximate surface area is 120 Å². The van der Waals surface area contributed by atoms with E-state index < -0.39 is 21.3 Å². The number of hydrogen-bond donors (Lipinski definition) is 1. The first-order chi connectivity index (χ1) is 8.87. The highest BCUT2D eigenvalue weighted by Crippen LogP contribution is 2.30. The van der Waals surface area contributed by atoms with E-state index in [0.717, 1.165) is 4.47 Å². The van der Waals surface area contributed by atoms with Crippen molar-refractivity contribution in [1.29, 1.82) is 0 Å². The zero-order valence-electron chi connectivity index (χ0n) is 10.3. The molecule has 1 aromatic carbocycles. The lowest BCUT2D eigenvalue weighted by Gasteiger charge is -2.27. The number of carbonyl (C=O) groups is 1. The third-order valence-electron chi connectivity index (χ3n) is 3.09. The lowest BCUT2D eigenvalue weighted by molar-refractivity contribution is -0.145. The van der Waals surface area contributed by atoms with Gasteiger partial charge >= 0.3 is 5.97 Å². The molecule has 1 saturated heterocycles. The summed E-state index contributed by atoms with van der Waals surface area (Å²) >= 11 is 3.33. The van der Waals surface area contributed by atoms with Crippen LogP contribution in [-0.4, -0.2) is 38.5 Å². The number of nitrogens with one attached hydrogen (secondary N) is 1. The molecule has 1 fully saturated rings. The summed E-state index contributed by atoms with van der Waals surface area (Å²) in [6.45, 7) is 0. The van der Waals surface area contributed by atoms with Crippen LogP contribution in [0.5, 0.6) is 0 Å². The van der Waals surface area contributed by atoms with Crippen LogP contribution in [0.2, 0.25) is 0 Å². The minimum Gasteiger partial charge on any atom is -0.467 e. The van der Waals surface area contributed by atoms with E-state index in [-0.39, 0.29) is 17.9 Å². The molecular weight excluding hydrogens is 334 g/mol. The normalized spacial score (nSPS) is 24.9. The fourth-order valence-electron chi connectivity index (χ4n) is 2.20. The first-order valence-corrected chi connectivity index (χ1v) is 8.31. The van der Waals surface area contributed by atoms with Crippen LogP contribution in [-0.2, 0) is 19.4 Å². The number of carbonyl (C=O) groups excluding carboxylic acids is 1. The van der Waals surface area contributed by atoms with Gasteiger partial charge in [-0.3, -0.25) is 0 Å². The quantitative estimate of drug-likeness (QED) is 0.840. The summed E-state index contributed by atoms with van der Waals surface area (Å²) in [5, 5.41) is 3.02. The topological polar surface area (TPSA) is 72.5 Å². The number of ether oxygens (including phenoxy) is 1. The summed E-state index contributed by atoms with van der Waals surface area (Å²) in [7, 11) is -1.95. The maximum Gasteiger partial charge on any atom is 0.332 e. The maximum atomic E-state index is 12.0. The van der Waals surface area contributed by atoms with Crippen molar-refractivity contribution in [3.05, 3.63) is 28.7 Å². The molecule has 1 aromatic rings. The lowest BCUT2D eigenvalue weighted by atomic mass is 9.98. The van der Waals surface area contributed by atoms with E-state index in [2.05, 4.69) is 21.2 Å². The van der Waals surface area contributed by atoms with Crippen molar-refractivity contribution in [3.8, 4) is 0 Å². The van der Waals surface area contributed by atoms with Crippen molar-refractivity contribution in [2.24, 2.45) is 0 Å².